The molecule has 1 aromatic rings. The second kappa shape index (κ2) is 9.77. The molecule has 3 rings (SSSR count). The summed E-state index contributed by atoms with van der Waals surface area (Å²) in [6.45, 7) is 8.16. The number of aliphatic hydroxyl groups excluding tert-OH is 1. The summed E-state index contributed by atoms with van der Waals surface area (Å²) in [7, 11) is 0. The topological polar surface area (TPSA) is 84.7 Å². The molecule has 166 valence electrons. The Kier molecular flexibility index (Phi) is 7.34. The van der Waals surface area contributed by atoms with Crippen LogP contribution in [0.1, 0.15) is 83.0 Å². The number of rotatable bonds is 6. The van der Waals surface area contributed by atoms with Gasteiger partial charge in [-0.2, -0.15) is 0 Å². The summed E-state index contributed by atoms with van der Waals surface area (Å²) in [5.41, 5.74) is 1.25. The fourth-order valence-electron chi connectivity index (χ4n) is 4.36. The Balaban J connectivity index is 1.97. The highest BCUT2D eigenvalue weighted by atomic mass is 16.5. The zero-order valence-electron chi connectivity index (χ0n) is 18.6. The van der Waals surface area contributed by atoms with Crippen LogP contribution in [0, 0.1) is 11.8 Å². The Morgan fingerprint density at radius 3 is 2.53 bits per heavy atom. The quantitative estimate of drug-likeness (QED) is 0.707. The van der Waals surface area contributed by atoms with Crippen molar-refractivity contribution >= 4 is 23.4 Å². The fraction of sp³-hybridized carbons (Fsp3) is 0.696. The first kappa shape index (κ1) is 22.5. The van der Waals surface area contributed by atoms with Crippen LogP contribution in [0.2, 0.25) is 0 Å². The Bertz CT molecular complexity index is 790. The van der Waals surface area contributed by atoms with Crippen molar-refractivity contribution in [3.63, 3.8) is 0 Å². The zero-order chi connectivity index (χ0) is 21.8. The standard InChI is InChI=1S/C23H35N3O4/c1-5-30-23(29)20-14-25(18-10-12-19(27)13-11-18)24-21(20)26(15(2)3)22(28)17-8-6-16(4)7-9-17/h10,14-17,19,27H,5-9,11-13H2,1-4H3. The van der Waals surface area contributed by atoms with Gasteiger partial charge in [0, 0.05) is 23.9 Å². The van der Waals surface area contributed by atoms with Crippen LogP contribution in [-0.4, -0.2) is 45.5 Å². The molecular weight excluding hydrogens is 382 g/mol. The monoisotopic (exact) mass is 417 g/mol. The summed E-state index contributed by atoms with van der Waals surface area (Å²) in [6, 6.07) is -0.129. The fourth-order valence-corrected chi connectivity index (χ4v) is 4.36. The molecule has 0 saturated heterocycles. The number of allylic oxidation sites excluding steroid dienone is 1. The Morgan fingerprint density at radius 2 is 1.97 bits per heavy atom. The van der Waals surface area contributed by atoms with Crippen molar-refractivity contribution < 1.29 is 19.4 Å². The molecule has 1 atom stereocenters. The highest BCUT2D eigenvalue weighted by Gasteiger charge is 2.34. The van der Waals surface area contributed by atoms with Crippen LogP contribution in [0.4, 0.5) is 5.82 Å². The Hall–Kier alpha value is -2.15. The number of ether oxygens (including phenoxy) is 1. The molecule has 1 heterocycles. The number of amides is 1. The van der Waals surface area contributed by atoms with Crippen molar-refractivity contribution in [2.24, 2.45) is 11.8 Å². The average Bonchev–Trinajstić information content (AvgIpc) is 3.14. The van der Waals surface area contributed by atoms with Gasteiger partial charge in [0.1, 0.15) is 5.56 Å². The van der Waals surface area contributed by atoms with Crippen LogP contribution in [0.5, 0.6) is 0 Å². The maximum absolute atomic E-state index is 13.5. The maximum Gasteiger partial charge on any atom is 0.343 e. The number of carbonyl (C=O) groups is 2. The lowest BCUT2D eigenvalue weighted by molar-refractivity contribution is -0.124. The molecule has 7 nitrogen and oxygen atoms in total. The van der Waals surface area contributed by atoms with Crippen molar-refractivity contribution in [2.75, 3.05) is 11.5 Å². The number of anilines is 1. The molecule has 0 bridgehead atoms. The molecule has 2 aliphatic carbocycles. The zero-order valence-corrected chi connectivity index (χ0v) is 18.6. The minimum absolute atomic E-state index is 0.0344. The van der Waals surface area contributed by atoms with Gasteiger partial charge in [-0.25, -0.2) is 9.48 Å². The molecule has 30 heavy (non-hydrogen) atoms. The van der Waals surface area contributed by atoms with E-state index in [4.69, 9.17) is 4.74 Å². The van der Waals surface area contributed by atoms with E-state index in [1.807, 2.05) is 19.9 Å². The predicted molar refractivity (Wildman–Crippen MR) is 116 cm³/mol. The van der Waals surface area contributed by atoms with Gasteiger partial charge in [0.05, 0.1) is 12.7 Å². The van der Waals surface area contributed by atoms with Gasteiger partial charge in [0.15, 0.2) is 5.82 Å². The van der Waals surface area contributed by atoms with Crippen molar-refractivity contribution in [2.45, 2.75) is 84.8 Å². The highest BCUT2D eigenvalue weighted by Crippen LogP contribution is 2.33. The number of nitrogens with zero attached hydrogens (tertiary/aromatic N) is 3. The van der Waals surface area contributed by atoms with E-state index >= 15 is 0 Å². The number of carbonyl (C=O) groups excluding carboxylic acids is 2. The molecule has 1 aromatic heterocycles. The molecule has 7 heteroatoms. The number of hydrogen-bond donors (Lipinski definition) is 1. The molecule has 0 aromatic carbocycles. The van der Waals surface area contributed by atoms with Crippen LogP contribution in [0.15, 0.2) is 12.3 Å². The molecule has 1 unspecified atom stereocenters. The first-order chi connectivity index (χ1) is 14.3. The molecule has 2 aliphatic rings. The van der Waals surface area contributed by atoms with Crippen LogP contribution in [0.3, 0.4) is 0 Å². The van der Waals surface area contributed by atoms with Crippen LogP contribution in [0.25, 0.3) is 5.70 Å². The number of aromatic nitrogens is 2. The molecule has 1 fully saturated rings. The molecule has 1 amide bonds. The second-order valence-electron chi connectivity index (χ2n) is 8.91. The van der Waals surface area contributed by atoms with Gasteiger partial charge in [-0.3, -0.25) is 9.69 Å². The summed E-state index contributed by atoms with van der Waals surface area (Å²) in [4.78, 5) is 27.9. The minimum Gasteiger partial charge on any atom is -0.462 e. The molecule has 1 saturated carbocycles. The van der Waals surface area contributed by atoms with Crippen molar-refractivity contribution in [1.82, 2.24) is 9.78 Å². The normalized spacial score (nSPS) is 24.5. The highest BCUT2D eigenvalue weighted by molar-refractivity contribution is 6.02. The maximum atomic E-state index is 13.5. The van der Waals surface area contributed by atoms with Gasteiger partial charge in [0.25, 0.3) is 0 Å². The molecular formula is C23H35N3O4. The van der Waals surface area contributed by atoms with Gasteiger partial charge < -0.3 is 9.84 Å². The first-order valence-electron chi connectivity index (χ1n) is 11.3. The van der Waals surface area contributed by atoms with E-state index in [2.05, 4.69) is 12.0 Å². The van der Waals surface area contributed by atoms with Crippen molar-refractivity contribution in [3.05, 3.63) is 17.8 Å². The number of esters is 1. The van der Waals surface area contributed by atoms with Crippen molar-refractivity contribution in [1.29, 1.82) is 0 Å². The summed E-state index contributed by atoms with van der Waals surface area (Å²) in [5, 5.41) is 14.5. The van der Waals surface area contributed by atoms with E-state index < -0.39 is 5.97 Å². The van der Waals surface area contributed by atoms with Gasteiger partial charge in [-0.1, -0.05) is 13.0 Å². The average molecular weight is 418 g/mol. The number of hydrogen-bond acceptors (Lipinski definition) is 5. The Labute approximate surface area is 179 Å². The third-order valence-electron chi connectivity index (χ3n) is 6.19. The summed E-state index contributed by atoms with van der Waals surface area (Å²) < 4.78 is 6.95. The third-order valence-corrected chi connectivity index (χ3v) is 6.19. The van der Waals surface area contributed by atoms with Crippen LogP contribution < -0.4 is 4.90 Å². The summed E-state index contributed by atoms with van der Waals surface area (Å²) >= 11 is 0. The van der Waals surface area contributed by atoms with E-state index in [1.165, 1.54) is 0 Å². The van der Waals surface area contributed by atoms with E-state index in [0.717, 1.165) is 31.4 Å². The molecule has 1 N–H and O–H groups in total. The van der Waals surface area contributed by atoms with Gasteiger partial charge in [-0.15, -0.1) is 5.10 Å². The molecule has 0 spiro atoms. The van der Waals surface area contributed by atoms with Gasteiger partial charge in [0.2, 0.25) is 5.91 Å². The first-order valence-corrected chi connectivity index (χ1v) is 11.3. The van der Waals surface area contributed by atoms with Crippen LogP contribution in [-0.2, 0) is 9.53 Å². The molecule has 0 radical (unpaired) electrons. The number of aliphatic hydroxyl groups is 1. The largest absolute Gasteiger partial charge is 0.462 e. The van der Waals surface area contributed by atoms with E-state index in [0.29, 0.717) is 36.6 Å². The van der Waals surface area contributed by atoms with Crippen molar-refractivity contribution in [3.8, 4) is 0 Å². The van der Waals surface area contributed by atoms with E-state index in [-0.39, 0.29) is 30.6 Å². The lowest BCUT2D eigenvalue weighted by Crippen LogP contribution is -2.43. The van der Waals surface area contributed by atoms with E-state index in [1.54, 1.807) is 22.7 Å². The third kappa shape index (κ3) is 4.94. The summed E-state index contributed by atoms with van der Waals surface area (Å²) in [5.74, 6) is 0.572. The lowest BCUT2D eigenvalue weighted by atomic mass is 9.82. The smallest absolute Gasteiger partial charge is 0.343 e. The Morgan fingerprint density at radius 1 is 1.27 bits per heavy atom. The predicted octanol–water partition coefficient (Wildman–Crippen LogP) is 4.01. The van der Waals surface area contributed by atoms with Crippen LogP contribution >= 0.6 is 0 Å². The van der Waals surface area contributed by atoms with Gasteiger partial charge >= 0.3 is 5.97 Å². The second-order valence-corrected chi connectivity index (χ2v) is 8.91. The summed E-state index contributed by atoms with van der Waals surface area (Å²) in [6.07, 6.45) is 9.02. The van der Waals surface area contributed by atoms with Gasteiger partial charge in [-0.05, 0) is 71.6 Å². The molecule has 0 aliphatic heterocycles. The minimum atomic E-state index is -0.467. The lowest BCUT2D eigenvalue weighted by Gasteiger charge is -2.32. The van der Waals surface area contributed by atoms with E-state index in [9.17, 15) is 14.7 Å². The SMILES string of the molecule is CCOC(=O)c1cn(C2=CCC(O)CC2)nc1N(C(=O)C1CCC(C)CC1)C(C)C.